The number of carboxylic acids is 1. The minimum atomic E-state index is -1.34. The van der Waals surface area contributed by atoms with Gasteiger partial charge in [-0.2, -0.15) is 0 Å². The van der Waals surface area contributed by atoms with Crippen LogP contribution in [0.25, 0.3) is 0 Å². The van der Waals surface area contributed by atoms with Gasteiger partial charge >= 0.3 is 5.97 Å². The summed E-state index contributed by atoms with van der Waals surface area (Å²) >= 11 is 0. The number of hydrogen-bond acceptors (Lipinski definition) is 3. The smallest absolute Gasteiger partial charge is 0.334 e. The maximum atomic E-state index is 12.0. The van der Waals surface area contributed by atoms with Gasteiger partial charge in [0.05, 0.1) is 12.2 Å². The van der Waals surface area contributed by atoms with Crippen LogP contribution in [-0.4, -0.2) is 35.0 Å². The van der Waals surface area contributed by atoms with E-state index in [4.69, 9.17) is 4.74 Å². The first-order valence-corrected chi connectivity index (χ1v) is 8.48. The highest BCUT2D eigenvalue weighted by molar-refractivity contribution is 5.91. The van der Waals surface area contributed by atoms with E-state index in [1.54, 1.807) is 0 Å². The second kappa shape index (κ2) is 4.81. The lowest BCUT2D eigenvalue weighted by atomic mass is 9.52. The molecule has 2 N–H and O–H groups in total. The molecule has 4 heteroatoms. The third-order valence-corrected chi connectivity index (χ3v) is 7.05. The van der Waals surface area contributed by atoms with Gasteiger partial charge < -0.3 is 14.9 Å². The first kappa shape index (κ1) is 16.0. The molecule has 3 aliphatic carbocycles. The quantitative estimate of drug-likeness (QED) is 0.838. The van der Waals surface area contributed by atoms with Crippen LogP contribution in [0.2, 0.25) is 0 Å². The van der Waals surface area contributed by atoms with Gasteiger partial charge in [-0.1, -0.05) is 20.8 Å². The number of carbonyl (C=O) groups is 1. The monoisotopic (exact) mass is 308 g/mol. The van der Waals surface area contributed by atoms with Gasteiger partial charge in [0.15, 0.2) is 0 Å². The fourth-order valence-corrected chi connectivity index (χ4v) is 5.92. The van der Waals surface area contributed by atoms with E-state index in [1.165, 1.54) is 0 Å². The average molecular weight is 308 g/mol. The molecule has 0 heterocycles. The summed E-state index contributed by atoms with van der Waals surface area (Å²) in [7, 11) is 0. The molecule has 124 valence electrons. The Kier molecular flexibility index (Phi) is 3.50. The van der Waals surface area contributed by atoms with E-state index in [2.05, 4.69) is 20.8 Å². The van der Waals surface area contributed by atoms with E-state index in [9.17, 15) is 15.0 Å². The van der Waals surface area contributed by atoms with Gasteiger partial charge in [0, 0.05) is 12.0 Å². The highest BCUT2D eigenvalue weighted by Crippen LogP contribution is 2.74. The molecule has 0 radical (unpaired) electrons. The van der Waals surface area contributed by atoms with Crippen LogP contribution in [0, 0.1) is 22.7 Å². The number of fused-ring (bicyclic) bond motifs is 1. The molecule has 2 fully saturated rings. The molecule has 0 aliphatic heterocycles. The van der Waals surface area contributed by atoms with Crippen molar-refractivity contribution in [1.82, 2.24) is 0 Å². The Bertz CT molecular complexity index is 535. The van der Waals surface area contributed by atoms with Crippen LogP contribution >= 0.6 is 0 Å². The molecule has 22 heavy (non-hydrogen) atoms. The van der Waals surface area contributed by atoms with Crippen molar-refractivity contribution >= 4 is 5.97 Å². The molecule has 0 aromatic carbocycles. The van der Waals surface area contributed by atoms with Gasteiger partial charge in [-0.25, -0.2) is 4.79 Å². The Morgan fingerprint density at radius 2 is 2.05 bits per heavy atom. The van der Waals surface area contributed by atoms with Gasteiger partial charge in [0.25, 0.3) is 0 Å². The number of rotatable bonds is 4. The van der Waals surface area contributed by atoms with E-state index in [0.717, 1.165) is 24.8 Å². The molecule has 0 aromatic rings. The molecule has 4 nitrogen and oxygen atoms in total. The molecule has 2 bridgehead atoms. The molecule has 2 saturated carbocycles. The van der Waals surface area contributed by atoms with E-state index in [0.29, 0.717) is 24.9 Å². The van der Waals surface area contributed by atoms with Crippen LogP contribution in [0.3, 0.4) is 0 Å². The zero-order valence-electron chi connectivity index (χ0n) is 14.1. The zero-order chi connectivity index (χ0) is 16.3. The lowest BCUT2D eigenvalue weighted by Gasteiger charge is -2.52. The van der Waals surface area contributed by atoms with E-state index < -0.39 is 11.6 Å². The first-order chi connectivity index (χ1) is 10.2. The van der Waals surface area contributed by atoms with E-state index in [1.807, 2.05) is 6.92 Å². The van der Waals surface area contributed by atoms with Crippen molar-refractivity contribution in [3.63, 3.8) is 0 Å². The Morgan fingerprint density at radius 3 is 2.64 bits per heavy atom. The topological polar surface area (TPSA) is 66.8 Å². The zero-order valence-corrected chi connectivity index (χ0v) is 14.1. The van der Waals surface area contributed by atoms with Gasteiger partial charge in [-0.15, -0.1) is 0 Å². The Morgan fingerprint density at radius 1 is 1.36 bits per heavy atom. The van der Waals surface area contributed by atoms with Gasteiger partial charge in [-0.3, -0.25) is 0 Å². The van der Waals surface area contributed by atoms with Crippen molar-refractivity contribution in [2.24, 2.45) is 22.7 Å². The average Bonchev–Trinajstić information content (AvgIpc) is 2.74. The number of ether oxygens (including phenoxy) is 1. The molecule has 1 spiro atoms. The Labute approximate surface area is 132 Å². The number of hydrogen-bond donors (Lipinski definition) is 2. The summed E-state index contributed by atoms with van der Waals surface area (Å²) in [6, 6.07) is 0. The van der Waals surface area contributed by atoms with Gasteiger partial charge in [-0.05, 0) is 55.4 Å². The third-order valence-electron chi connectivity index (χ3n) is 7.05. The van der Waals surface area contributed by atoms with Crippen LogP contribution in [0.1, 0.15) is 53.4 Å². The predicted molar refractivity (Wildman–Crippen MR) is 83.4 cm³/mol. The maximum Gasteiger partial charge on any atom is 0.334 e. The second-order valence-electron chi connectivity index (χ2n) is 8.08. The van der Waals surface area contributed by atoms with E-state index >= 15 is 0 Å². The lowest BCUT2D eigenvalue weighted by Crippen LogP contribution is -2.48. The van der Waals surface area contributed by atoms with Crippen LogP contribution in [0.5, 0.6) is 0 Å². The van der Waals surface area contributed by atoms with Crippen LogP contribution in [-0.2, 0) is 9.53 Å². The number of carboxylic acid groups (broad SMARTS) is 1. The van der Waals surface area contributed by atoms with Crippen molar-refractivity contribution in [2.75, 3.05) is 13.2 Å². The summed E-state index contributed by atoms with van der Waals surface area (Å²) < 4.78 is 5.46. The fraction of sp³-hybridized carbons (Fsp3) is 0.833. The summed E-state index contributed by atoms with van der Waals surface area (Å²) in [4.78, 5) is 12.0. The standard InChI is InChI=1S/C18H28O4/c1-5-22-10-17(21)9-18-11(2)6-7-12(16(18,3)4)8-13(18)14(17)15(19)20/h11-12,21H,5-10H2,1-4H3,(H,19,20)/t11-,12-,17+,18+/m1/s1. The summed E-state index contributed by atoms with van der Waals surface area (Å²) in [6.07, 6.45) is 3.61. The van der Waals surface area contributed by atoms with Crippen molar-refractivity contribution in [3.05, 3.63) is 11.1 Å². The first-order valence-electron chi connectivity index (χ1n) is 8.48. The van der Waals surface area contributed by atoms with Crippen LogP contribution in [0.4, 0.5) is 0 Å². The lowest BCUT2D eigenvalue weighted by molar-refractivity contribution is -0.137. The number of allylic oxidation sites excluding steroid dienone is 1. The highest BCUT2D eigenvalue weighted by atomic mass is 16.5. The van der Waals surface area contributed by atoms with Crippen molar-refractivity contribution in [3.8, 4) is 0 Å². The molecule has 0 aromatic heterocycles. The molecule has 3 aliphatic rings. The van der Waals surface area contributed by atoms with E-state index in [-0.39, 0.29) is 23.0 Å². The summed E-state index contributed by atoms with van der Waals surface area (Å²) in [6.45, 7) is 9.21. The molecular formula is C18H28O4. The molecule has 0 amide bonds. The fourth-order valence-electron chi connectivity index (χ4n) is 5.92. The van der Waals surface area contributed by atoms with Crippen LogP contribution in [0.15, 0.2) is 11.1 Å². The molecule has 3 rings (SSSR count). The molecule has 0 saturated heterocycles. The van der Waals surface area contributed by atoms with Crippen molar-refractivity contribution < 1.29 is 19.7 Å². The third kappa shape index (κ3) is 1.74. The molecule has 0 unspecified atom stereocenters. The predicted octanol–water partition coefficient (Wildman–Crippen LogP) is 3.00. The largest absolute Gasteiger partial charge is 0.478 e. The maximum absolute atomic E-state index is 12.0. The van der Waals surface area contributed by atoms with Crippen LogP contribution < -0.4 is 0 Å². The molecule has 4 atom stereocenters. The Hall–Kier alpha value is -0.870. The van der Waals surface area contributed by atoms with Gasteiger partial charge in [0.2, 0.25) is 0 Å². The number of aliphatic carboxylic acids is 1. The molecular weight excluding hydrogens is 280 g/mol. The summed E-state index contributed by atoms with van der Waals surface area (Å²) in [5, 5.41) is 20.9. The van der Waals surface area contributed by atoms with Gasteiger partial charge in [0.1, 0.15) is 5.60 Å². The summed E-state index contributed by atoms with van der Waals surface area (Å²) in [5.41, 5.74) is -0.231. The SMILES string of the molecule is CCOC[C@@]1(O)C[C@@]23C(=C1C(=O)O)C[C@@H](CC[C@H]2C)C3(C)C. The minimum Gasteiger partial charge on any atom is -0.478 e. The highest BCUT2D eigenvalue weighted by Gasteiger charge is 2.69. The minimum absolute atomic E-state index is 0.0391. The summed E-state index contributed by atoms with van der Waals surface area (Å²) in [5.74, 6) is -0.0319. The van der Waals surface area contributed by atoms with Crippen molar-refractivity contribution in [1.29, 1.82) is 0 Å². The second-order valence-corrected chi connectivity index (χ2v) is 8.08. The Balaban J connectivity index is 2.16. The van der Waals surface area contributed by atoms with Crippen molar-refractivity contribution in [2.45, 2.75) is 59.0 Å². The number of aliphatic hydroxyl groups is 1. The normalized spacial score (nSPS) is 42.6.